The minimum absolute atomic E-state index is 0.196. The number of aliphatic carboxylic acids is 1. The number of hydrogen-bond acceptors (Lipinski definition) is 7. The van der Waals surface area contributed by atoms with Crippen LogP contribution in [0.25, 0.3) is 10.6 Å². The molecule has 3 aromatic rings. The van der Waals surface area contributed by atoms with Crippen molar-refractivity contribution >= 4 is 35.0 Å². The van der Waals surface area contributed by atoms with Gasteiger partial charge in [0.15, 0.2) is 0 Å². The number of carboxylic acids is 1. The Morgan fingerprint density at radius 1 is 1.14 bits per heavy atom. The monoisotopic (exact) mass is 398 g/mol. The molecule has 3 aromatic heterocycles. The zero-order valence-corrected chi connectivity index (χ0v) is 15.8. The molecule has 0 spiro atoms. The second-order valence-electron chi connectivity index (χ2n) is 5.80. The van der Waals surface area contributed by atoms with Crippen molar-refractivity contribution in [3.8, 4) is 10.6 Å². The first-order valence-corrected chi connectivity index (χ1v) is 9.16. The first kappa shape index (κ1) is 19.2. The maximum Gasteiger partial charge on any atom is 0.323 e. The summed E-state index contributed by atoms with van der Waals surface area (Å²) < 4.78 is 0. The molecule has 0 saturated heterocycles. The van der Waals surface area contributed by atoms with E-state index in [0.29, 0.717) is 16.6 Å². The quantitative estimate of drug-likeness (QED) is 0.481. The van der Waals surface area contributed by atoms with E-state index in [1.165, 1.54) is 11.3 Å². The summed E-state index contributed by atoms with van der Waals surface area (Å²) in [5.74, 6) is 0.273. The summed E-state index contributed by atoms with van der Waals surface area (Å²) in [6, 6.07) is 8.90. The van der Waals surface area contributed by atoms with E-state index in [2.05, 4.69) is 30.9 Å². The minimum atomic E-state index is -1.10. The fourth-order valence-corrected chi connectivity index (χ4v) is 3.09. The van der Waals surface area contributed by atoms with Crippen LogP contribution in [-0.4, -0.2) is 38.6 Å². The summed E-state index contributed by atoms with van der Waals surface area (Å²) in [6.45, 7) is 1.75. The van der Waals surface area contributed by atoms with Crippen LogP contribution < -0.4 is 16.0 Å². The van der Waals surface area contributed by atoms with Gasteiger partial charge in [0.05, 0.1) is 17.1 Å². The van der Waals surface area contributed by atoms with Crippen molar-refractivity contribution in [2.75, 3.05) is 11.9 Å². The zero-order chi connectivity index (χ0) is 19.9. The van der Waals surface area contributed by atoms with Crippen molar-refractivity contribution in [2.45, 2.75) is 13.5 Å². The highest BCUT2D eigenvalue weighted by molar-refractivity contribution is 7.15. The van der Waals surface area contributed by atoms with Crippen LogP contribution in [0.1, 0.15) is 10.6 Å². The normalized spacial score (nSPS) is 10.3. The molecule has 4 N–H and O–H groups in total. The number of amides is 2. The standard InChI is InChI=1S/C18H18N6O3S/c1-11-5-6-19-15(7-11)24-14-4-2-3-12(23-14)13-8-20-16(28-13)9-21-18(27)22-10-17(25)26/h2-8H,9-10H2,1H3,(H,25,26)(H,19,23,24)(H2,21,22,27). The molecule has 28 heavy (non-hydrogen) atoms. The smallest absolute Gasteiger partial charge is 0.323 e. The molecule has 3 heterocycles. The Morgan fingerprint density at radius 3 is 2.79 bits per heavy atom. The number of thiazole rings is 1. The van der Waals surface area contributed by atoms with Crippen LogP contribution in [0.3, 0.4) is 0 Å². The van der Waals surface area contributed by atoms with Gasteiger partial charge in [-0.25, -0.2) is 19.7 Å². The maximum atomic E-state index is 11.5. The number of anilines is 2. The van der Waals surface area contributed by atoms with Gasteiger partial charge in [-0.3, -0.25) is 4.79 Å². The van der Waals surface area contributed by atoms with Crippen LogP contribution >= 0.6 is 11.3 Å². The molecule has 0 unspecified atom stereocenters. The number of pyridine rings is 2. The SMILES string of the molecule is Cc1ccnc(Nc2cccc(-c3cnc(CNC(=O)NCC(=O)O)s3)n2)c1. The van der Waals surface area contributed by atoms with E-state index >= 15 is 0 Å². The molecule has 0 bridgehead atoms. The third-order valence-corrected chi connectivity index (χ3v) is 4.55. The minimum Gasteiger partial charge on any atom is -0.480 e. The molecule has 0 saturated carbocycles. The number of carbonyl (C=O) groups is 2. The highest BCUT2D eigenvalue weighted by atomic mass is 32.1. The molecular formula is C18H18N6O3S. The fourth-order valence-electron chi connectivity index (χ4n) is 2.26. The van der Waals surface area contributed by atoms with E-state index in [-0.39, 0.29) is 6.54 Å². The topological polar surface area (TPSA) is 129 Å². The van der Waals surface area contributed by atoms with Crippen LogP contribution in [0, 0.1) is 6.92 Å². The molecule has 2 amide bonds. The van der Waals surface area contributed by atoms with Crippen LogP contribution in [0.4, 0.5) is 16.4 Å². The second kappa shape index (κ2) is 8.91. The van der Waals surface area contributed by atoms with E-state index in [0.717, 1.165) is 16.1 Å². The second-order valence-corrected chi connectivity index (χ2v) is 6.91. The van der Waals surface area contributed by atoms with Crippen LogP contribution in [0.5, 0.6) is 0 Å². The number of aryl methyl sites for hydroxylation is 1. The van der Waals surface area contributed by atoms with E-state index in [1.807, 2.05) is 37.3 Å². The Hall–Kier alpha value is -3.53. The lowest BCUT2D eigenvalue weighted by Gasteiger charge is -2.06. The number of carbonyl (C=O) groups excluding carboxylic acids is 1. The van der Waals surface area contributed by atoms with Crippen molar-refractivity contribution in [2.24, 2.45) is 0 Å². The lowest BCUT2D eigenvalue weighted by molar-refractivity contribution is -0.135. The zero-order valence-electron chi connectivity index (χ0n) is 15.0. The highest BCUT2D eigenvalue weighted by Gasteiger charge is 2.09. The van der Waals surface area contributed by atoms with Crippen LogP contribution in [0.2, 0.25) is 0 Å². The summed E-state index contributed by atoms with van der Waals surface area (Å²) in [7, 11) is 0. The van der Waals surface area contributed by atoms with Gasteiger partial charge in [0.25, 0.3) is 0 Å². The Kier molecular flexibility index (Phi) is 6.12. The molecule has 0 aliphatic carbocycles. The summed E-state index contributed by atoms with van der Waals surface area (Å²) in [5.41, 5.74) is 1.84. The molecule has 0 aromatic carbocycles. The van der Waals surface area contributed by atoms with Gasteiger partial charge >= 0.3 is 12.0 Å². The largest absolute Gasteiger partial charge is 0.480 e. The van der Waals surface area contributed by atoms with Crippen molar-refractivity contribution < 1.29 is 14.7 Å². The number of carboxylic acid groups (broad SMARTS) is 1. The van der Waals surface area contributed by atoms with Gasteiger partial charge in [-0.2, -0.15) is 0 Å². The summed E-state index contributed by atoms with van der Waals surface area (Å²) >= 11 is 1.39. The average Bonchev–Trinajstić information content (AvgIpc) is 3.14. The molecule has 0 atom stereocenters. The third kappa shape index (κ3) is 5.48. The first-order valence-electron chi connectivity index (χ1n) is 8.35. The number of hydrogen-bond donors (Lipinski definition) is 4. The molecule has 0 radical (unpaired) electrons. The van der Waals surface area contributed by atoms with Gasteiger partial charge in [0.1, 0.15) is 23.2 Å². The number of nitrogens with one attached hydrogen (secondary N) is 3. The van der Waals surface area contributed by atoms with Gasteiger partial charge in [-0.15, -0.1) is 11.3 Å². The molecule has 3 rings (SSSR count). The third-order valence-electron chi connectivity index (χ3n) is 3.53. The molecule has 9 nitrogen and oxygen atoms in total. The van der Waals surface area contributed by atoms with Gasteiger partial charge in [0, 0.05) is 12.4 Å². The van der Waals surface area contributed by atoms with Gasteiger partial charge in [0.2, 0.25) is 0 Å². The molecular weight excluding hydrogens is 380 g/mol. The number of rotatable bonds is 7. The Balaban J connectivity index is 1.63. The van der Waals surface area contributed by atoms with Crippen molar-refractivity contribution in [3.63, 3.8) is 0 Å². The Labute approximate surface area is 164 Å². The predicted octanol–water partition coefficient (Wildman–Crippen LogP) is 2.54. The van der Waals surface area contributed by atoms with Crippen LogP contribution in [0.15, 0.2) is 42.7 Å². The number of urea groups is 1. The predicted molar refractivity (Wildman–Crippen MR) is 105 cm³/mol. The lowest BCUT2D eigenvalue weighted by Crippen LogP contribution is -2.37. The summed E-state index contributed by atoms with van der Waals surface area (Å²) in [4.78, 5) is 35.9. The van der Waals surface area contributed by atoms with E-state index < -0.39 is 18.5 Å². The first-order chi connectivity index (χ1) is 13.5. The molecule has 0 fully saturated rings. The Bertz CT molecular complexity index is 991. The van der Waals surface area contributed by atoms with Gasteiger partial charge in [-0.1, -0.05) is 6.07 Å². The summed E-state index contributed by atoms with van der Waals surface area (Å²) in [5, 5.41) is 17.2. The molecule has 0 aliphatic rings. The Morgan fingerprint density at radius 2 is 2.00 bits per heavy atom. The van der Waals surface area contributed by atoms with E-state index in [4.69, 9.17) is 5.11 Å². The van der Waals surface area contributed by atoms with Gasteiger partial charge in [-0.05, 0) is 36.8 Å². The number of nitrogens with zero attached hydrogens (tertiary/aromatic N) is 3. The number of aromatic nitrogens is 3. The average molecular weight is 398 g/mol. The molecule has 0 aliphatic heterocycles. The van der Waals surface area contributed by atoms with Crippen molar-refractivity contribution in [3.05, 3.63) is 53.3 Å². The lowest BCUT2D eigenvalue weighted by atomic mass is 10.3. The van der Waals surface area contributed by atoms with Crippen molar-refractivity contribution in [1.29, 1.82) is 0 Å². The fraction of sp³-hybridized carbons (Fsp3) is 0.167. The molecule has 10 heteroatoms. The van der Waals surface area contributed by atoms with Crippen LogP contribution in [-0.2, 0) is 11.3 Å². The van der Waals surface area contributed by atoms with E-state index in [1.54, 1.807) is 12.4 Å². The maximum absolute atomic E-state index is 11.5. The van der Waals surface area contributed by atoms with Crippen molar-refractivity contribution in [1.82, 2.24) is 25.6 Å². The van der Waals surface area contributed by atoms with Gasteiger partial charge < -0.3 is 21.1 Å². The van der Waals surface area contributed by atoms with E-state index in [9.17, 15) is 9.59 Å². The molecule has 144 valence electrons. The highest BCUT2D eigenvalue weighted by Crippen LogP contribution is 2.26. The summed E-state index contributed by atoms with van der Waals surface area (Å²) in [6.07, 6.45) is 3.42.